The predicted molar refractivity (Wildman–Crippen MR) is 71.6 cm³/mol. The van der Waals surface area contributed by atoms with Crippen LogP contribution in [0.15, 0.2) is 12.2 Å². The van der Waals surface area contributed by atoms with E-state index >= 15 is 0 Å². The number of nitrogens with one attached hydrogen (secondary N) is 1. The highest BCUT2D eigenvalue weighted by molar-refractivity contribution is 5.32. The lowest BCUT2D eigenvalue weighted by atomic mass is 10.2. The van der Waals surface area contributed by atoms with Crippen LogP contribution in [0.5, 0.6) is 0 Å². The summed E-state index contributed by atoms with van der Waals surface area (Å²) in [5.41, 5.74) is 10.7. The fourth-order valence-corrected chi connectivity index (χ4v) is 1.39. The Morgan fingerprint density at radius 3 is 2.50 bits per heavy atom. The first-order valence-electron chi connectivity index (χ1n) is 6.06. The maximum atomic E-state index is 11.1. The predicted octanol–water partition coefficient (Wildman–Crippen LogP) is 0.823. The van der Waals surface area contributed by atoms with Crippen molar-refractivity contribution in [3.05, 3.63) is 17.4 Å². The summed E-state index contributed by atoms with van der Waals surface area (Å²) in [5.74, 6) is -0.163. The normalized spacial score (nSPS) is 10.9. The van der Waals surface area contributed by atoms with Gasteiger partial charge in [0.1, 0.15) is 0 Å². The maximum Gasteiger partial charge on any atom is 0.321 e. The van der Waals surface area contributed by atoms with Gasteiger partial charge in [-0.3, -0.25) is 0 Å². The average molecular weight is 252 g/mol. The van der Waals surface area contributed by atoms with E-state index in [9.17, 15) is 5.21 Å². The summed E-state index contributed by atoms with van der Waals surface area (Å²) < 4.78 is 0.283. The molecule has 0 spiro atoms. The highest BCUT2D eigenvalue weighted by atomic mass is 16.5. The van der Waals surface area contributed by atoms with Crippen molar-refractivity contribution in [2.75, 3.05) is 23.3 Å². The van der Waals surface area contributed by atoms with E-state index in [4.69, 9.17) is 11.5 Å². The monoisotopic (exact) mass is 252 g/mol. The standard InChI is InChI=1S/C11H20N6O/c1-2-3-4-5-6-7-8-14-11-15-9(12)17(18)10(13)16-11/h6-7H,2-5,8H2,1H3,(H5,12,13,14,15,16). The van der Waals surface area contributed by atoms with E-state index in [0.29, 0.717) is 6.54 Å². The van der Waals surface area contributed by atoms with Gasteiger partial charge in [-0.05, 0) is 12.8 Å². The SMILES string of the molecule is CCCCCC=CCNc1nc(N)[n+]([O-])c(N)n1. The molecular weight excluding hydrogens is 232 g/mol. The molecule has 0 atom stereocenters. The average Bonchev–Trinajstić information content (AvgIpc) is 2.34. The van der Waals surface area contributed by atoms with E-state index in [1.54, 1.807) is 0 Å². The Bertz CT molecular complexity index is 384. The Labute approximate surface area is 107 Å². The van der Waals surface area contributed by atoms with E-state index in [-0.39, 0.29) is 22.6 Å². The molecule has 100 valence electrons. The molecule has 0 amide bonds. The van der Waals surface area contributed by atoms with Crippen molar-refractivity contribution in [2.45, 2.75) is 32.6 Å². The molecule has 18 heavy (non-hydrogen) atoms. The van der Waals surface area contributed by atoms with E-state index in [2.05, 4.69) is 28.3 Å². The quantitative estimate of drug-likeness (QED) is 0.286. The van der Waals surface area contributed by atoms with Crippen LogP contribution in [0.2, 0.25) is 0 Å². The summed E-state index contributed by atoms with van der Waals surface area (Å²) in [4.78, 5) is 7.55. The van der Waals surface area contributed by atoms with Crippen LogP contribution in [-0.4, -0.2) is 16.5 Å². The number of nitrogens with two attached hydrogens (primary N) is 2. The van der Waals surface area contributed by atoms with Crippen LogP contribution < -0.4 is 21.5 Å². The number of nitrogens with zero attached hydrogens (tertiary/aromatic N) is 3. The van der Waals surface area contributed by atoms with Gasteiger partial charge in [0.25, 0.3) is 0 Å². The molecule has 0 aliphatic heterocycles. The van der Waals surface area contributed by atoms with Gasteiger partial charge >= 0.3 is 17.8 Å². The molecule has 0 unspecified atom stereocenters. The molecule has 0 bridgehead atoms. The molecule has 0 aromatic carbocycles. The molecule has 1 heterocycles. The topological polar surface area (TPSA) is 117 Å². The lowest BCUT2D eigenvalue weighted by Gasteiger charge is -2.08. The van der Waals surface area contributed by atoms with Gasteiger partial charge in [0.05, 0.1) is 0 Å². The molecule has 0 saturated heterocycles. The molecule has 0 aliphatic rings. The van der Waals surface area contributed by atoms with Crippen LogP contribution in [-0.2, 0) is 0 Å². The van der Waals surface area contributed by atoms with Crippen LogP contribution in [0.4, 0.5) is 17.8 Å². The third-order valence-electron chi connectivity index (χ3n) is 2.38. The van der Waals surface area contributed by atoms with Crippen molar-refractivity contribution in [1.82, 2.24) is 9.97 Å². The van der Waals surface area contributed by atoms with Gasteiger partial charge in [-0.2, -0.15) is 0 Å². The summed E-state index contributed by atoms with van der Waals surface area (Å²) in [5, 5.41) is 14.0. The Morgan fingerprint density at radius 1 is 1.22 bits per heavy atom. The second-order valence-corrected chi connectivity index (χ2v) is 3.91. The van der Waals surface area contributed by atoms with Gasteiger partial charge in [0.2, 0.25) is 0 Å². The number of hydrogen-bond acceptors (Lipinski definition) is 6. The summed E-state index contributed by atoms with van der Waals surface area (Å²) >= 11 is 0. The highest BCUT2D eigenvalue weighted by Crippen LogP contribution is 2.02. The first-order valence-corrected chi connectivity index (χ1v) is 6.06. The van der Waals surface area contributed by atoms with E-state index in [0.717, 1.165) is 6.42 Å². The first kappa shape index (κ1) is 14.0. The molecule has 1 rings (SSSR count). The number of aromatic nitrogens is 3. The number of rotatable bonds is 7. The third kappa shape index (κ3) is 4.44. The molecule has 0 aliphatic carbocycles. The largest absolute Gasteiger partial charge is 0.762 e. The zero-order valence-corrected chi connectivity index (χ0v) is 10.6. The summed E-state index contributed by atoms with van der Waals surface area (Å²) in [7, 11) is 0. The van der Waals surface area contributed by atoms with Crippen molar-refractivity contribution < 1.29 is 4.73 Å². The second-order valence-electron chi connectivity index (χ2n) is 3.91. The van der Waals surface area contributed by atoms with Crippen LogP contribution in [0, 0.1) is 5.21 Å². The molecule has 0 saturated carbocycles. The lowest BCUT2D eigenvalue weighted by Crippen LogP contribution is -2.37. The Balaban J connectivity index is 2.35. The molecule has 0 fully saturated rings. The Kier molecular flexibility index (Phi) is 5.69. The Hall–Kier alpha value is -2.05. The molecule has 7 heteroatoms. The van der Waals surface area contributed by atoms with Crippen molar-refractivity contribution in [3.63, 3.8) is 0 Å². The van der Waals surface area contributed by atoms with Crippen LogP contribution >= 0.6 is 0 Å². The van der Waals surface area contributed by atoms with E-state index < -0.39 is 0 Å². The lowest BCUT2D eigenvalue weighted by molar-refractivity contribution is -0.579. The molecule has 1 aromatic heterocycles. The second kappa shape index (κ2) is 7.31. The van der Waals surface area contributed by atoms with Gasteiger partial charge in [-0.1, -0.05) is 41.9 Å². The molecule has 1 aromatic rings. The number of hydrogen-bond donors (Lipinski definition) is 3. The minimum absolute atomic E-state index is 0.211. The zero-order chi connectivity index (χ0) is 13.4. The fourth-order valence-electron chi connectivity index (χ4n) is 1.39. The summed E-state index contributed by atoms with van der Waals surface area (Å²) in [6.07, 6.45) is 8.82. The van der Waals surface area contributed by atoms with Crippen molar-refractivity contribution in [2.24, 2.45) is 0 Å². The minimum atomic E-state index is -0.211. The van der Waals surface area contributed by atoms with Crippen LogP contribution in [0.1, 0.15) is 32.6 Å². The van der Waals surface area contributed by atoms with Crippen molar-refractivity contribution in [3.8, 4) is 0 Å². The fraction of sp³-hybridized carbons (Fsp3) is 0.545. The number of unbranched alkanes of at least 4 members (excludes halogenated alkanes) is 3. The summed E-state index contributed by atoms with van der Waals surface area (Å²) in [6, 6.07) is 0. The molecule has 5 N–H and O–H groups in total. The van der Waals surface area contributed by atoms with Crippen molar-refractivity contribution >= 4 is 17.8 Å². The van der Waals surface area contributed by atoms with E-state index in [1.807, 2.05) is 6.08 Å². The van der Waals surface area contributed by atoms with Crippen LogP contribution in [0.3, 0.4) is 0 Å². The van der Waals surface area contributed by atoms with Gasteiger partial charge in [-0.15, -0.1) is 0 Å². The molecule has 7 nitrogen and oxygen atoms in total. The highest BCUT2D eigenvalue weighted by Gasteiger charge is 2.08. The molecule has 0 radical (unpaired) electrons. The summed E-state index contributed by atoms with van der Waals surface area (Å²) in [6.45, 7) is 2.75. The molecular formula is C11H20N6O. The van der Waals surface area contributed by atoms with Gasteiger partial charge in [-0.25, -0.2) is 4.73 Å². The number of nitrogen functional groups attached to an aromatic ring is 2. The van der Waals surface area contributed by atoms with Gasteiger partial charge < -0.3 is 22.0 Å². The zero-order valence-electron chi connectivity index (χ0n) is 10.6. The van der Waals surface area contributed by atoms with Crippen LogP contribution in [0.25, 0.3) is 0 Å². The van der Waals surface area contributed by atoms with Gasteiger partial charge in [0, 0.05) is 6.54 Å². The number of anilines is 3. The smallest absolute Gasteiger partial charge is 0.321 e. The van der Waals surface area contributed by atoms with E-state index in [1.165, 1.54) is 19.3 Å². The minimum Gasteiger partial charge on any atom is -0.762 e. The van der Waals surface area contributed by atoms with Gasteiger partial charge in [0.15, 0.2) is 0 Å². The maximum absolute atomic E-state index is 11.1. The van der Waals surface area contributed by atoms with Crippen molar-refractivity contribution in [1.29, 1.82) is 0 Å². The first-order chi connectivity index (χ1) is 8.65. The third-order valence-corrected chi connectivity index (χ3v) is 2.38. The number of allylic oxidation sites excluding steroid dienone is 1. The Morgan fingerprint density at radius 2 is 1.89 bits per heavy atom.